The van der Waals surface area contributed by atoms with E-state index in [-0.39, 0.29) is 0 Å². The van der Waals surface area contributed by atoms with Gasteiger partial charge in [0.2, 0.25) is 0 Å². The van der Waals surface area contributed by atoms with Gasteiger partial charge in [-0.3, -0.25) is 0 Å². The van der Waals surface area contributed by atoms with Gasteiger partial charge in [-0.15, -0.1) is 0 Å². The normalized spacial score (nSPS) is 34.8. The van der Waals surface area contributed by atoms with E-state index in [0.717, 1.165) is 17.8 Å². The standard InChI is InChI=1S/C9H19N/c1-7(2)9-6-10-5-4-8(9)3/h7-10H,4-6H2,1-3H3/t8-,9+/m1/s1. The first kappa shape index (κ1) is 8.06. The van der Waals surface area contributed by atoms with Gasteiger partial charge in [-0.05, 0) is 37.3 Å². The molecule has 60 valence electrons. The molecule has 0 aromatic heterocycles. The van der Waals surface area contributed by atoms with Gasteiger partial charge in [-0.25, -0.2) is 0 Å². The van der Waals surface area contributed by atoms with Crippen LogP contribution >= 0.6 is 0 Å². The van der Waals surface area contributed by atoms with Gasteiger partial charge >= 0.3 is 0 Å². The lowest BCUT2D eigenvalue weighted by atomic mass is 9.80. The van der Waals surface area contributed by atoms with Crippen molar-refractivity contribution in [2.24, 2.45) is 17.8 Å². The predicted octanol–water partition coefficient (Wildman–Crippen LogP) is 1.89. The molecular formula is C9H19N. The van der Waals surface area contributed by atoms with Crippen molar-refractivity contribution in [3.63, 3.8) is 0 Å². The highest BCUT2D eigenvalue weighted by atomic mass is 14.9. The summed E-state index contributed by atoms with van der Waals surface area (Å²) < 4.78 is 0. The second kappa shape index (κ2) is 3.38. The summed E-state index contributed by atoms with van der Waals surface area (Å²) in [6, 6.07) is 0. The SMILES string of the molecule is CC(C)[C@@H]1CNCC[C@H]1C. The summed E-state index contributed by atoms with van der Waals surface area (Å²) in [7, 11) is 0. The summed E-state index contributed by atoms with van der Waals surface area (Å²) in [5, 5.41) is 3.45. The van der Waals surface area contributed by atoms with Crippen LogP contribution in [0, 0.1) is 17.8 Å². The Labute approximate surface area is 64.2 Å². The molecule has 0 bridgehead atoms. The molecule has 0 unspecified atom stereocenters. The van der Waals surface area contributed by atoms with E-state index in [0.29, 0.717) is 0 Å². The van der Waals surface area contributed by atoms with E-state index < -0.39 is 0 Å². The van der Waals surface area contributed by atoms with Crippen LogP contribution in [0.2, 0.25) is 0 Å². The van der Waals surface area contributed by atoms with Crippen molar-refractivity contribution >= 4 is 0 Å². The maximum atomic E-state index is 3.45. The Bertz CT molecular complexity index is 98.9. The monoisotopic (exact) mass is 141 g/mol. The van der Waals surface area contributed by atoms with Crippen LogP contribution in [0.5, 0.6) is 0 Å². The molecule has 0 aromatic carbocycles. The quantitative estimate of drug-likeness (QED) is 0.588. The van der Waals surface area contributed by atoms with Gasteiger partial charge in [0, 0.05) is 0 Å². The summed E-state index contributed by atoms with van der Waals surface area (Å²) in [6.07, 6.45) is 1.36. The highest BCUT2D eigenvalue weighted by molar-refractivity contribution is 4.76. The van der Waals surface area contributed by atoms with Crippen LogP contribution in [-0.4, -0.2) is 13.1 Å². The molecule has 1 fully saturated rings. The van der Waals surface area contributed by atoms with E-state index in [2.05, 4.69) is 26.1 Å². The second-order valence-corrected chi connectivity index (χ2v) is 3.88. The highest BCUT2D eigenvalue weighted by Crippen LogP contribution is 2.24. The minimum atomic E-state index is 0.850. The van der Waals surface area contributed by atoms with E-state index in [4.69, 9.17) is 0 Å². The molecule has 1 saturated heterocycles. The van der Waals surface area contributed by atoms with Crippen LogP contribution in [-0.2, 0) is 0 Å². The van der Waals surface area contributed by atoms with Gasteiger partial charge in [0.1, 0.15) is 0 Å². The first-order valence-corrected chi connectivity index (χ1v) is 4.42. The predicted molar refractivity (Wildman–Crippen MR) is 45.0 cm³/mol. The van der Waals surface area contributed by atoms with E-state index in [1.54, 1.807) is 0 Å². The Balaban J connectivity index is 2.40. The summed E-state index contributed by atoms with van der Waals surface area (Å²) in [5.74, 6) is 2.69. The average molecular weight is 141 g/mol. The van der Waals surface area contributed by atoms with Crippen molar-refractivity contribution in [3.05, 3.63) is 0 Å². The van der Waals surface area contributed by atoms with Gasteiger partial charge in [0.05, 0.1) is 0 Å². The van der Waals surface area contributed by atoms with E-state index in [1.807, 2.05) is 0 Å². The molecule has 1 nitrogen and oxygen atoms in total. The van der Waals surface area contributed by atoms with Gasteiger partial charge in [-0.1, -0.05) is 20.8 Å². The Morgan fingerprint density at radius 3 is 2.50 bits per heavy atom. The fraction of sp³-hybridized carbons (Fsp3) is 1.00. The van der Waals surface area contributed by atoms with Crippen molar-refractivity contribution in [1.82, 2.24) is 5.32 Å². The van der Waals surface area contributed by atoms with E-state index >= 15 is 0 Å². The van der Waals surface area contributed by atoms with Crippen LogP contribution < -0.4 is 5.32 Å². The fourth-order valence-electron chi connectivity index (χ4n) is 1.91. The van der Waals surface area contributed by atoms with Crippen LogP contribution in [0.1, 0.15) is 27.2 Å². The van der Waals surface area contributed by atoms with E-state index in [9.17, 15) is 0 Å². The van der Waals surface area contributed by atoms with Gasteiger partial charge in [0.15, 0.2) is 0 Å². The highest BCUT2D eigenvalue weighted by Gasteiger charge is 2.23. The van der Waals surface area contributed by atoms with Crippen LogP contribution in [0.25, 0.3) is 0 Å². The first-order chi connectivity index (χ1) is 4.72. The smallest absolute Gasteiger partial charge is 0.00155 e. The minimum absolute atomic E-state index is 0.850. The lowest BCUT2D eigenvalue weighted by molar-refractivity contribution is 0.212. The molecule has 0 radical (unpaired) electrons. The maximum absolute atomic E-state index is 3.45. The number of nitrogens with one attached hydrogen (secondary N) is 1. The third-order valence-corrected chi connectivity index (χ3v) is 2.74. The molecule has 1 heterocycles. The summed E-state index contributed by atoms with van der Waals surface area (Å²) in [6.45, 7) is 9.50. The Morgan fingerprint density at radius 2 is 2.10 bits per heavy atom. The molecule has 0 aliphatic carbocycles. The summed E-state index contributed by atoms with van der Waals surface area (Å²) in [5.41, 5.74) is 0. The molecule has 0 aromatic rings. The zero-order valence-corrected chi connectivity index (χ0v) is 7.35. The van der Waals surface area contributed by atoms with Crippen LogP contribution in [0.3, 0.4) is 0 Å². The molecule has 1 aliphatic heterocycles. The zero-order valence-electron chi connectivity index (χ0n) is 7.35. The van der Waals surface area contributed by atoms with Crippen molar-refractivity contribution in [2.45, 2.75) is 27.2 Å². The molecule has 0 saturated carbocycles. The maximum Gasteiger partial charge on any atom is -0.00155 e. The van der Waals surface area contributed by atoms with Crippen LogP contribution in [0.4, 0.5) is 0 Å². The molecular weight excluding hydrogens is 122 g/mol. The number of hydrogen-bond acceptors (Lipinski definition) is 1. The molecule has 1 rings (SSSR count). The van der Waals surface area contributed by atoms with Crippen LogP contribution in [0.15, 0.2) is 0 Å². The molecule has 1 N–H and O–H groups in total. The molecule has 2 atom stereocenters. The van der Waals surface area contributed by atoms with Crippen molar-refractivity contribution in [1.29, 1.82) is 0 Å². The molecule has 0 spiro atoms. The second-order valence-electron chi connectivity index (χ2n) is 3.88. The fourth-order valence-corrected chi connectivity index (χ4v) is 1.91. The van der Waals surface area contributed by atoms with Crippen molar-refractivity contribution in [3.8, 4) is 0 Å². The van der Waals surface area contributed by atoms with Gasteiger partial charge < -0.3 is 5.32 Å². The lowest BCUT2D eigenvalue weighted by Crippen LogP contribution is -2.37. The Kier molecular flexibility index (Phi) is 2.72. The van der Waals surface area contributed by atoms with Crippen molar-refractivity contribution < 1.29 is 0 Å². The zero-order chi connectivity index (χ0) is 7.56. The number of piperidine rings is 1. The molecule has 0 amide bonds. The van der Waals surface area contributed by atoms with Gasteiger partial charge in [-0.2, -0.15) is 0 Å². The largest absolute Gasteiger partial charge is 0.316 e. The molecule has 10 heavy (non-hydrogen) atoms. The van der Waals surface area contributed by atoms with Gasteiger partial charge in [0.25, 0.3) is 0 Å². The topological polar surface area (TPSA) is 12.0 Å². The Hall–Kier alpha value is -0.0400. The number of hydrogen-bond donors (Lipinski definition) is 1. The minimum Gasteiger partial charge on any atom is -0.316 e. The summed E-state index contributed by atoms with van der Waals surface area (Å²) in [4.78, 5) is 0. The molecule has 1 aliphatic rings. The summed E-state index contributed by atoms with van der Waals surface area (Å²) >= 11 is 0. The first-order valence-electron chi connectivity index (χ1n) is 4.42. The third kappa shape index (κ3) is 1.72. The van der Waals surface area contributed by atoms with Crippen molar-refractivity contribution in [2.75, 3.05) is 13.1 Å². The molecule has 1 heteroatoms. The Morgan fingerprint density at radius 1 is 1.40 bits per heavy atom. The number of rotatable bonds is 1. The average Bonchev–Trinajstić information content (AvgIpc) is 1.88. The third-order valence-electron chi connectivity index (χ3n) is 2.74. The lowest BCUT2D eigenvalue weighted by Gasteiger charge is -2.32. The van der Waals surface area contributed by atoms with E-state index in [1.165, 1.54) is 19.5 Å².